The Balaban J connectivity index is 2.13. The summed E-state index contributed by atoms with van der Waals surface area (Å²) in [6.07, 6.45) is -9.94. The van der Waals surface area contributed by atoms with Crippen molar-refractivity contribution in [1.82, 2.24) is 15.3 Å². The van der Waals surface area contributed by atoms with E-state index in [4.69, 9.17) is 9.05 Å². The van der Waals surface area contributed by atoms with Crippen molar-refractivity contribution in [1.29, 1.82) is 0 Å². The average molecular weight is 377 g/mol. The summed E-state index contributed by atoms with van der Waals surface area (Å²) in [5.74, 6) is -0.225. The normalized spacial score (nSPS) is 12.6. The van der Waals surface area contributed by atoms with Gasteiger partial charge in [-0.3, -0.25) is 0 Å². The predicted molar refractivity (Wildman–Crippen MR) is 74.7 cm³/mol. The number of hydrogen-bond donors (Lipinski definition) is 0. The molecule has 0 N–H and O–H groups in total. The Hall–Kier alpha value is -2.85. The maximum absolute atomic E-state index is 12.9. The summed E-state index contributed by atoms with van der Waals surface area (Å²) in [7, 11) is 0. The van der Waals surface area contributed by atoms with Crippen LogP contribution in [0.5, 0.6) is 0 Å². The van der Waals surface area contributed by atoms with Crippen LogP contribution in [0.2, 0.25) is 0 Å². The molecule has 26 heavy (non-hydrogen) atoms. The third-order valence-electron chi connectivity index (χ3n) is 3.52. The Morgan fingerprint density at radius 2 is 1.38 bits per heavy atom. The summed E-state index contributed by atoms with van der Waals surface area (Å²) in [5.41, 5.74) is -2.70. The van der Waals surface area contributed by atoms with Gasteiger partial charge in [0.15, 0.2) is 0 Å². The molecular formula is C15H9F6N3O2. The molecule has 0 atom stereocenters. The molecule has 0 amide bonds. The fourth-order valence-electron chi connectivity index (χ4n) is 2.31. The van der Waals surface area contributed by atoms with Gasteiger partial charge < -0.3 is 9.05 Å². The third kappa shape index (κ3) is 3.28. The first-order valence-corrected chi connectivity index (χ1v) is 7.03. The number of hydrogen-bond acceptors (Lipinski definition) is 5. The second-order valence-electron chi connectivity index (χ2n) is 5.42. The van der Waals surface area contributed by atoms with E-state index in [0.29, 0.717) is 29.2 Å². The maximum atomic E-state index is 12.9. The van der Waals surface area contributed by atoms with Crippen molar-refractivity contribution in [2.24, 2.45) is 0 Å². The molecule has 2 heterocycles. The lowest BCUT2D eigenvalue weighted by Crippen LogP contribution is -2.11. The number of alkyl halides is 6. The Bertz CT molecular complexity index is 903. The van der Waals surface area contributed by atoms with E-state index in [-0.39, 0.29) is 12.0 Å². The molecule has 11 heteroatoms. The van der Waals surface area contributed by atoms with E-state index in [1.807, 2.05) is 0 Å². The van der Waals surface area contributed by atoms with Crippen molar-refractivity contribution in [2.75, 3.05) is 0 Å². The molecule has 0 unspecified atom stereocenters. The minimum atomic E-state index is -4.97. The fraction of sp³-hybridized carbons (Fsp3) is 0.267. The minimum absolute atomic E-state index is 0.0266. The number of halogens is 6. The highest BCUT2D eigenvalue weighted by Gasteiger charge is 2.37. The van der Waals surface area contributed by atoms with Crippen LogP contribution in [0.3, 0.4) is 0 Å². The van der Waals surface area contributed by atoms with E-state index in [2.05, 4.69) is 15.3 Å². The molecule has 0 aliphatic rings. The van der Waals surface area contributed by atoms with E-state index in [9.17, 15) is 26.3 Å². The van der Waals surface area contributed by atoms with Gasteiger partial charge in [-0.2, -0.15) is 31.3 Å². The zero-order chi connectivity index (χ0) is 19.3. The fourth-order valence-corrected chi connectivity index (χ4v) is 2.31. The average Bonchev–Trinajstić information content (AvgIpc) is 3.12. The van der Waals surface area contributed by atoms with Crippen LogP contribution >= 0.6 is 0 Å². The van der Waals surface area contributed by atoms with Crippen molar-refractivity contribution >= 4 is 0 Å². The number of aromatic nitrogens is 3. The second kappa shape index (κ2) is 5.85. The van der Waals surface area contributed by atoms with Gasteiger partial charge in [0.1, 0.15) is 11.3 Å². The monoisotopic (exact) mass is 377 g/mol. The smallest absolute Gasteiger partial charge is 0.361 e. The number of nitrogens with zero attached hydrogens (tertiary/aromatic N) is 3. The summed E-state index contributed by atoms with van der Waals surface area (Å²) in [6, 6.07) is 1.08. The van der Waals surface area contributed by atoms with Gasteiger partial charge in [0.2, 0.25) is 5.82 Å². The standard InChI is InChI=1S/C15H9F6N3O2/c1-6-11(7(2)25-23-6)13-22-12(24-26-13)8-3-9(14(16,17)18)5-10(4-8)15(19,20)21/h3-5H,1-2H3. The summed E-state index contributed by atoms with van der Waals surface area (Å²) in [4.78, 5) is 3.88. The Morgan fingerprint density at radius 3 is 1.85 bits per heavy atom. The van der Waals surface area contributed by atoms with Crippen LogP contribution in [0.4, 0.5) is 26.3 Å². The van der Waals surface area contributed by atoms with Crippen molar-refractivity contribution in [3.05, 3.63) is 40.8 Å². The van der Waals surface area contributed by atoms with Gasteiger partial charge in [0.25, 0.3) is 5.89 Å². The van der Waals surface area contributed by atoms with Gasteiger partial charge in [-0.25, -0.2) is 0 Å². The van der Waals surface area contributed by atoms with Crippen LogP contribution in [-0.2, 0) is 12.4 Å². The van der Waals surface area contributed by atoms with Gasteiger partial charge in [-0.15, -0.1) is 0 Å². The van der Waals surface area contributed by atoms with Crippen molar-refractivity contribution in [3.63, 3.8) is 0 Å². The third-order valence-corrected chi connectivity index (χ3v) is 3.52. The molecule has 2 aromatic heterocycles. The molecule has 3 aromatic rings. The molecule has 0 bridgehead atoms. The Kier molecular flexibility index (Phi) is 4.04. The minimum Gasteiger partial charge on any atom is -0.361 e. The lowest BCUT2D eigenvalue weighted by molar-refractivity contribution is -0.143. The molecule has 1 aromatic carbocycles. The molecule has 5 nitrogen and oxygen atoms in total. The van der Waals surface area contributed by atoms with Crippen LogP contribution in [0, 0.1) is 13.8 Å². The molecule has 0 saturated heterocycles. The van der Waals surface area contributed by atoms with Crippen LogP contribution in [0.1, 0.15) is 22.6 Å². The van der Waals surface area contributed by atoms with E-state index >= 15 is 0 Å². The first kappa shape index (κ1) is 18.0. The van der Waals surface area contributed by atoms with Crippen LogP contribution < -0.4 is 0 Å². The van der Waals surface area contributed by atoms with Gasteiger partial charge >= 0.3 is 12.4 Å². The lowest BCUT2D eigenvalue weighted by atomic mass is 10.0. The highest BCUT2D eigenvalue weighted by atomic mass is 19.4. The molecule has 0 aliphatic heterocycles. The van der Waals surface area contributed by atoms with Crippen LogP contribution in [-0.4, -0.2) is 15.3 Å². The summed E-state index contributed by atoms with van der Waals surface area (Å²) in [5, 5.41) is 7.15. The Labute approximate surface area is 141 Å². The van der Waals surface area contributed by atoms with Gasteiger partial charge in [0, 0.05) is 5.56 Å². The summed E-state index contributed by atoms with van der Waals surface area (Å²) >= 11 is 0. The molecule has 0 radical (unpaired) electrons. The van der Waals surface area contributed by atoms with E-state index in [0.717, 1.165) is 0 Å². The quantitative estimate of drug-likeness (QED) is 0.585. The SMILES string of the molecule is Cc1noc(C)c1-c1nc(-c2cc(C(F)(F)F)cc(C(F)(F)F)c2)no1. The molecule has 0 fully saturated rings. The molecule has 3 rings (SSSR count). The van der Waals surface area contributed by atoms with E-state index in [1.54, 1.807) is 13.8 Å². The molecule has 0 aliphatic carbocycles. The van der Waals surface area contributed by atoms with Crippen LogP contribution in [0.15, 0.2) is 27.2 Å². The Morgan fingerprint density at radius 1 is 0.808 bits per heavy atom. The first-order chi connectivity index (χ1) is 12.0. The topological polar surface area (TPSA) is 65.0 Å². The van der Waals surface area contributed by atoms with E-state index < -0.39 is 34.9 Å². The highest BCUT2D eigenvalue weighted by molar-refractivity contribution is 5.63. The second-order valence-corrected chi connectivity index (χ2v) is 5.42. The highest BCUT2D eigenvalue weighted by Crippen LogP contribution is 2.38. The summed E-state index contributed by atoms with van der Waals surface area (Å²) < 4.78 is 87.5. The zero-order valence-corrected chi connectivity index (χ0v) is 13.2. The van der Waals surface area contributed by atoms with Gasteiger partial charge in [-0.1, -0.05) is 10.3 Å². The number of rotatable bonds is 2. The van der Waals surface area contributed by atoms with Gasteiger partial charge in [-0.05, 0) is 32.0 Å². The maximum Gasteiger partial charge on any atom is 0.416 e. The van der Waals surface area contributed by atoms with Crippen molar-refractivity contribution in [2.45, 2.75) is 26.2 Å². The summed E-state index contributed by atoms with van der Waals surface area (Å²) in [6.45, 7) is 3.12. The van der Waals surface area contributed by atoms with Crippen molar-refractivity contribution < 1.29 is 35.4 Å². The first-order valence-electron chi connectivity index (χ1n) is 7.03. The zero-order valence-electron chi connectivity index (χ0n) is 13.2. The molecule has 0 saturated carbocycles. The molecular weight excluding hydrogens is 368 g/mol. The van der Waals surface area contributed by atoms with Crippen LogP contribution in [0.25, 0.3) is 22.8 Å². The van der Waals surface area contributed by atoms with Gasteiger partial charge in [0.05, 0.1) is 16.8 Å². The number of aryl methyl sites for hydroxylation is 2. The predicted octanol–water partition coefficient (Wildman–Crippen LogP) is 5.05. The number of benzene rings is 1. The lowest BCUT2D eigenvalue weighted by Gasteiger charge is -2.12. The molecule has 0 spiro atoms. The molecule has 138 valence electrons. The van der Waals surface area contributed by atoms with Crippen molar-refractivity contribution in [3.8, 4) is 22.8 Å². The largest absolute Gasteiger partial charge is 0.416 e. The van der Waals surface area contributed by atoms with E-state index in [1.165, 1.54) is 0 Å².